The molecule has 5 aromatic rings. The Morgan fingerprint density at radius 3 is 1.50 bits per heavy atom. The van der Waals surface area contributed by atoms with Crippen LogP contribution in [0, 0.1) is 6.07 Å². The van der Waals surface area contributed by atoms with Gasteiger partial charge >= 0.3 is 137 Å². The second-order valence-corrected chi connectivity index (χ2v) is 18.2. The predicted octanol–water partition coefficient (Wildman–Crippen LogP) is 7.77. The van der Waals surface area contributed by atoms with E-state index in [1.54, 1.807) is 0 Å². The zero-order valence-electron chi connectivity index (χ0n) is 33.7. The smallest absolute Gasteiger partial charge is 1.00 e. The van der Waals surface area contributed by atoms with Crippen LogP contribution in [0.5, 0.6) is 0 Å². The summed E-state index contributed by atoms with van der Waals surface area (Å²) in [6.45, 7) is 22.6. The minimum absolute atomic E-state index is 0. The van der Waals surface area contributed by atoms with Crippen LogP contribution < -0.4 is 24.8 Å². The summed E-state index contributed by atoms with van der Waals surface area (Å²) in [5.74, 6) is 0. The van der Waals surface area contributed by atoms with E-state index in [1.165, 1.54) is 68.8 Å². The third kappa shape index (κ3) is 12.8. The van der Waals surface area contributed by atoms with Gasteiger partial charge in [0.2, 0.25) is 0 Å². The summed E-state index contributed by atoms with van der Waals surface area (Å²) >= 11 is 0.729. The van der Waals surface area contributed by atoms with Gasteiger partial charge in [0.1, 0.15) is 0 Å². The van der Waals surface area contributed by atoms with Gasteiger partial charge in [0.15, 0.2) is 0 Å². The summed E-state index contributed by atoms with van der Waals surface area (Å²) in [7, 11) is 0. The van der Waals surface area contributed by atoms with Crippen molar-refractivity contribution in [1.82, 2.24) is 0 Å². The second-order valence-electron chi connectivity index (χ2n) is 17.0. The van der Waals surface area contributed by atoms with Gasteiger partial charge in [-0.15, -0.1) is 5.56 Å². The molecule has 0 saturated carbocycles. The Morgan fingerprint density at radius 1 is 0.607 bits per heavy atom. The van der Waals surface area contributed by atoms with Crippen molar-refractivity contribution in [3.63, 3.8) is 0 Å². The molecule has 0 spiro atoms. The van der Waals surface area contributed by atoms with Gasteiger partial charge in [-0.2, -0.15) is 52.6 Å². The first-order valence-corrected chi connectivity index (χ1v) is 19.4. The van der Waals surface area contributed by atoms with Gasteiger partial charge in [-0.1, -0.05) is 116 Å². The Morgan fingerprint density at radius 2 is 1.09 bits per heavy atom. The third-order valence-electron chi connectivity index (χ3n) is 9.58. The Balaban J connectivity index is 0.000000300. The molecule has 0 heterocycles. The molecule has 0 nitrogen and oxygen atoms in total. The van der Waals surface area contributed by atoms with E-state index in [9.17, 15) is 26.3 Å². The molecule has 1 aliphatic carbocycles. The molecule has 9 heteroatoms. The molecule has 0 atom stereocenters. The maximum atomic E-state index is 12.7. The van der Waals surface area contributed by atoms with Crippen LogP contribution >= 0.6 is 0 Å². The topological polar surface area (TPSA) is 0 Å². The minimum atomic E-state index is -4.49. The number of aryl methyl sites for hydroxylation is 1. The van der Waals surface area contributed by atoms with Crippen molar-refractivity contribution in [3.05, 3.63) is 159 Å². The zero-order valence-corrected chi connectivity index (χ0v) is 37.6. The fourth-order valence-corrected chi connectivity index (χ4v) is 6.80. The number of rotatable bonds is 3. The maximum absolute atomic E-state index is 12.7. The molecule has 0 bridgehead atoms. The van der Waals surface area contributed by atoms with Crippen LogP contribution in [0.15, 0.2) is 97.1 Å². The number of fused-ring (bicyclic) bond motifs is 3. The van der Waals surface area contributed by atoms with Gasteiger partial charge < -0.3 is 24.8 Å². The predicted molar refractivity (Wildman–Crippen MR) is 207 cm³/mol. The molecule has 5 aromatic carbocycles. The Kier molecular flexibility index (Phi) is 16.6. The quantitative estimate of drug-likeness (QED) is 0.126. The molecule has 300 valence electrons. The normalized spacial score (nSPS) is 12.5. The first-order chi connectivity index (χ1) is 24.8. The molecule has 0 amide bonds. The van der Waals surface area contributed by atoms with Crippen LogP contribution in [0.4, 0.5) is 26.3 Å². The van der Waals surface area contributed by atoms with Crippen LogP contribution in [-0.4, -0.2) is 3.21 Å². The van der Waals surface area contributed by atoms with E-state index in [-0.39, 0.29) is 46.8 Å². The number of hydrogen-bond acceptors (Lipinski definition) is 0. The molecule has 0 unspecified atom stereocenters. The maximum Gasteiger partial charge on any atom is -1.00 e. The second kappa shape index (κ2) is 18.8. The monoisotopic (exact) mass is 888 g/mol. The van der Waals surface area contributed by atoms with Gasteiger partial charge in [-0.3, -0.25) is 0 Å². The van der Waals surface area contributed by atoms with Gasteiger partial charge in [0.25, 0.3) is 0 Å². The van der Waals surface area contributed by atoms with Crippen molar-refractivity contribution in [2.75, 3.05) is 0 Å². The van der Waals surface area contributed by atoms with E-state index in [0.717, 1.165) is 61.3 Å². The van der Waals surface area contributed by atoms with Crippen molar-refractivity contribution in [2.45, 2.75) is 111 Å². The van der Waals surface area contributed by atoms with E-state index in [0.29, 0.717) is 8.62 Å². The summed E-state index contributed by atoms with van der Waals surface area (Å²) in [4.78, 5) is 0. The van der Waals surface area contributed by atoms with E-state index < -0.39 is 23.5 Å². The molecular weight excluding hydrogens is 841 g/mol. The van der Waals surface area contributed by atoms with Crippen LogP contribution in [0.25, 0.3) is 11.1 Å². The van der Waals surface area contributed by atoms with Crippen molar-refractivity contribution in [3.8, 4) is 11.1 Å². The Bertz CT molecular complexity index is 1960. The molecule has 0 saturated heterocycles. The Labute approximate surface area is 357 Å². The van der Waals surface area contributed by atoms with Gasteiger partial charge in [-0.05, 0) is 17.4 Å². The van der Waals surface area contributed by atoms with E-state index in [2.05, 4.69) is 124 Å². The SMILES string of the molecule is CC(C)(C)c1c[c-]c2c(c1)-c1cc(C(C)(C)C)ccc1C2.CCc1cc(C(C)(C)C)c[cH-]1.FC(F)(F)c1cccc([C](=[Zr+2])c2cccc(C(F)(F)F)c2)c1.[Cl-].[Cl-]. The van der Waals surface area contributed by atoms with E-state index in [4.69, 9.17) is 0 Å². The van der Waals surface area contributed by atoms with Crippen molar-refractivity contribution < 1.29 is 75.4 Å². The summed E-state index contributed by atoms with van der Waals surface area (Å²) < 4.78 is 76.7. The zero-order chi connectivity index (χ0) is 40.4. The van der Waals surface area contributed by atoms with Crippen molar-refractivity contribution in [1.29, 1.82) is 0 Å². The third-order valence-corrected chi connectivity index (χ3v) is 11.0. The molecule has 0 aliphatic heterocycles. The molecule has 6 rings (SSSR count). The van der Waals surface area contributed by atoms with Crippen LogP contribution in [0.3, 0.4) is 0 Å². The van der Waals surface area contributed by atoms with Crippen LogP contribution in [-0.2, 0) is 65.7 Å². The molecule has 0 radical (unpaired) electrons. The van der Waals surface area contributed by atoms with Crippen LogP contribution in [0.1, 0.15) is 125 Å². The summed E-state index contributed by atoms with van der Waals surface area (Å²) in [5, 5.41) is 0. The first-order valence-electron chi connectivity index (χ1n) is 18.2. The van der Waals surface area contributed by atoms with Gasteiger partial charge in [-0.25, -0.2) is 6.07 Å². The van der Waals surface area contributed by atoms with Crippen LogP contribution in [0.2, 0.25) is 0 Å². The summed E-state index contributed by atoms with van der Waals surface area (Å²) in [6.07, 6.45) is -6.80. The molecule has 0 aromatic heterocycles. The summed E-state index contributed by atoms with van der Waals surface area (Å²) in [5.41, 5.74) is 10.9. The Hall–Kier alpha value is -2.86. The molecular formula is C47H50Cl2F6Zr-2. The average Bonchev–Trinajstić information content (AvgIpc) is 3.72. The number of alkyl halides is 6. The minimum Gasteiger partial charge on any atom is -1.00 e. The number of halogens is 8. The number of benzene rings is 4. The largest absolute Gasteiger partial charge is 1.00 e. The van der Waals surface area contributed by atoms with Crippen molar-refractivity contribution >= 4 is 3.21 Å². The van der Waals surface area contributed by atoms with E-state index in [1.807, 2.05) is 0 Å². The fourth-order valence-electron chi connectivity index (χ4n) is 6.03. The molecule has 1 aliphatic rings. The molecule has 0 fully saturated rings. The average molecular weight is 891 g/mol. The first kappa shape index (κ1) is 49.3. The van der Waals surface area contributed by atoms with Gasteiger partial charge in [0.05, 0.1) is 0 Å². The summed E-state index contributed by atoms with van der Waals surface area (Å²) in [6, 6.07) is 31.0. The molecule has 56 heavy (non-hydrogen) atoms. The fraction of sp³-hybridized carbons (Fsp3) is 0.362. The van der Waals surface area contributed by atoms with E-state index >= 15 is 0 Å². The molecule has 0 N–H and O–H groups in total. The van der Waals surface area contributed by atoms with Crippen molar-refractivity contribution in [2.24, 2.45) is 0 Å². The number of hydrogen-bond donors (Lipinski definition) is 0. The van der Waals surface area contributed by atoms with Gasteiger partial charge in [0, 0.05) is 0 Å². The standard InChI is InChI=1S/C21H25.C15H8F6.C11H17.2ClH.Zr/c1-20(2,3)16-9-7-14-11-15-8-10-17(21(4,5)6)13-19(15)18(14)12-16;16-14(17,18)12-5-1-3-10(8-12)7-11-4-2-6-13(9-11)15(19,20)21;1-5-9-6-7-10(8-9)11(2,3)4;;;/h7,9-10,12-13H,11H2,1-6H3;1-6,8-9H;6-8H,5H2,1-4H3;2*1H;/q-1;;-1;;;+2/p-2.